The van der Waals surface area contributed by atoms with Crippen LogP contribution in [0.25, 0.3) is 10.9 Å². The zero-order chi connectivity index (χ0) is 14.8. The van der Waals surface area contributed by atoms with Crippen molar-refractivity contribution in [3.63, 3.8) is 0 Å². The number of para-hydroxylation sites is 1. The van der Waals surface area contributed by atoms with Crippen LogP contribution in [-0.2, 0) is 0 Å². The molecule has 3 aromatic rings. The normalized spacial score (nSPS) is 10.5. The van der Waals surface area contributed by atoms with Gasteiger partial charge in [-0.05, 0) is 24.3 Å². The monoisotopic (exact) mass is 330 g/mol. The summed E-state index contributed by atoms with van der Waals surface area (Å²) in [5.41, 5.74) is 1.37. The Bertz CT molecular complexity index is 872. The van der Waals surface area contributed by atoms with Crippen molar-refractivity contribution in [2.45, 2.75) is 9.79 Å². The van der Waals surface area contributed by atoms with E-state index in [0.29, 0.717) is 15.6 Å². The summed E-state index contributed by atoms with van der Waals surface area (Å²) in [6.45, 7) is 0. The molecule has 0 saturated carbocycles. The molecule has 0 aliphatic rings. The van der Waals surface area contributed by atoms with Gasteiger partial charge in [-0.2, -0.15) is 5.26 Å². The van der Waals surface area contributed by atoms with Crippen LogP contribution in [0.5, 0.6) is 0 Å². The smallest absolute Gasteiger partial charge is 0.102 e. The van der Waals surface area contributed by atoms with Crippen molar-refractivity contribution in [1.82, 2.24) is 4.98 Å². The fourth-order valence-corrected chi connectivity index (χ4v) is 3.50. The van der Waals surface area contributed by atoms with Crippen molar-refractivity contribution < 1.29 is 0 Å². The second-order valence-electron chi connectivity index (χ2n) is 4.31. The lowest BCUT2D eigenvalue weighted by atomic mass is 10.2. The maximum absolute atomic E-state index is 9.32. The zero-order valence-electron chi connectivity index (χ0n) is 10.7. The molecule has 0 amide bonds. The van der Waals surface area contributed by atoms with E-state index in [0.717, 1.165) is 20.7 Å². The average Bonchev–Trinajstić information content (AvgIpc) is 2.51. The standard InChI is InChI=1S/C16H8Cl2N2S/c17-11-5-6-13(18)15(7-11)21-16-10(8-19)9-20-14-4-2-1-3-12(14)16/h1-7,9H. The SMILES string of the molecule is N#Cc1cnc2ccccc2c1Sc1cc(Cl)ccc1Cl. The number of hydrogen-bond donors (Lipinski definition) is 0. The quantitative estimate of drug-likeness (QED) is 0.616. The fraction of sp³-hybridized carbons (Fsp3) is 0. The van der Waals surface area contributed by atoms with Crippen LogP contribution in [0.2, 0.25) is 10.0 Å². The maximum Gasteiger partial charge on any atom is 0.102 e. The first kappa shape index (κ1) is 14.2. The molecule has 1 heterocycles. The number of hydrogen-bond acceptors (Lipinski definition) is 3. The van der Waals surface area contributed by atoms with E-state index in [1.54, 1.807) is 24.4 Å². The molecule has 21 heavy (non-hydrogen) atoms. The highest BCUT2D eigenvalue weighted by molar-refractivity contribution is 7.99. The van der Waals surface area contributed by atoms with Gasteiger partial charge in [-0.3, -0.25) is 4.98 Å². The highest BCUT2D eigenvalue weighted by atomic mass is 35.5. The molecule has 1 aromatic heterocycles. The zero-order valence-corrected chi connectivity index (χ0v) is 13.0. The van der Waals surface area contributed by atoms with E-state index in [9.17, 15) is 5.26 Å². The number of halogens is 2. The third-order valence-electron chi connectivity index (χ3n) is 2.95. The van der Waals surface area contributed by atoms with Crippen LogP contribution in [-0.4, -0.2) is 4.98 Å². The van der Waals surface area contributed by atoms with Gasteiger partial charge in [0.15, 0.2) is 0 Å². The summed E-state index contributed by atoms with van der Waals surface area (Å²) >= 11 is 13.7. The van der Waals surface area contributed by atoms with Crippen molar-refractivity contribution >= 4 is 45.9 Å². The van der Waals surface area contributed by atoms with E-state index in [4.69, 9.17) is 23.2 Å². The highest BCUT2D eigenvalue weighted by Gasteiger charge is 2.12. The van der Waals surface area contributed by atoms with Gasteiger partial charge in [0.1, 0.15) is 6.07 Å². The third kappa shape index (κ3) is 2.84. The number of aromatic nitrogens is 1. The van der Waals surface area contributed by atoms with Gasteiger partial charge in [-0.25, -0.2) is 0 Å². The molecule has 0 aliphatic heterocycles. The van der Waals surface area contributed by atoms with Crippen LogP contribution in [0.3, 0.4) is 0 Å². The van der Waals surface area contributed by atoms with Crippen molar-refractivity contribution in [2.24, 2.45) is 0 Å². The average molecular weight is 331 g/mol. The summed E-state index contributed by atoms with van der Waals surface area (Å²) in [4.78, 5) is 5.96. The van der Waals surface area contributed by atoms with E-state index in [1.165, 1.54) is 11.8 Å². The van der Waals surface area contributed by atoms with Gasteiger partial charge in [-0.15, -0.1) is 0 Å². The second kappa shape index (κ2) is 5.95. The van der Waals surface area contributed by atoms with Crippen LogP contribution >= 0.6 is 35.0 Å². The van der Waals surface area contributed by atoms with Gasteiger partial charge >= 0.3 is 0 Å². The number of rotatable bonds is 2. The highest BCUT2D eigenvalue weighted by Crippen LogP contribution is 2.39. The molecule has 0 fully saturated rings. The molecule has 3 rings (SSSR count). The molecule has 5 heteroatoms. The van der Waals surface area contributed by atoms with Gasteiger partial charge < -0.3 is 0 Å². The summed E-state index contributed by atoms with van der Waals surface area (Å²) < 4.78 is 0. The lowest BCUT2D eigenvalue weighted by Crippen LogP contribution is -1.88. The molecule has 0 radical (unpaired) electrons. The molecule has 0 spiro atoms. The number of pyridine rings is 1. The summed E-state index contributed by atoms with van der Waals surface area (Å²) in [5.74, 6) is 0. The Morgan fingerprint density at radius 3 is 2.71 bits per heavy atom. The fourth-order valence-electron chi connectivity index (χ4n) is 1.97. The Kier molecular flexibility index (Phi) is 4.03. The number of fused-ring (bicyclic) bond motifs is 1. The Morgan fingerprint density at radius 2 is 1.90 bits per heavy atom. The predicted octanol–water partition coefficient (Wildman–Crippen LogP) is 5.56. The minimum atomic E-state index is 0.523. The first-order valence-electron chi connectivity index (χ1n) is 6.10. The molecule has 2 aromatic carbocycles. The van der Waals surface area contributed by atoms with E-state index in [-0.39, 0.29) is 0 Å². The lowest BCUT2D eigenvalue weighted by Gasteiger charge is -2.09. The van der Waals surface area contributed by atoms with Gasteiger partial charge in [0.05, 0.1) is 16.1 Å². The minimum Gasteiger partial charge on any atom is -0.255 e. The largest absolute Gasteiger partial charge is 0.255 e. The lowest BCUT2D eigenvalue weighted by molar-refractivity contribution is 1.30. The molecule has 0 saturated heterocycles. The molecule has 0 N–H and O–H groups in total. The van der Waals surface area contributed by atoms with Crippen molar-refractivity contribution in [1.29, 1.82) is 5.26 Å². The second-order valence-corrected chi connectivity index (χ2v) is 6.20. The molecule has 0 atom stereocenters. The Morgan fingerprint density at radius 1 is 1.10 bits per heavy atom. The molecule has 102 valence electrons. The molecule has 0 unspecified atom stereocenters. The number of nitriles is 1. The first-order chi connectivity index (χ1) is 10.2. The van der Waals surface area contributed by atoms with Gasteiger partial charge in [0, 0.05) is 26.4 Å². The number of benzene rings is 2. The van der Waals surface area contributed by atoms with Crippen LogP contribution in [0.15, 0.2) is 58.5 Å². The van der Waals surface area contributed by atoms with E-state index < -0.39 is 0 Å². The van der Waals surface area contributed by atoms with E-state index in [2.05, 4.69) is 11.1 Å². The summed E-state index contributed by atoms with van der Waals surface area (Å²) in [6.07, 6.45) is 1.59. The number of nitrogens with zero attached hydrogens (tertiary/aromatic N) is 2. The summed E-state index contributed by atoms with van der Waals surface area (Å²) in [6, 6.07) is 15.2. The van der Waals surface area contributed by atoms with Gasteiger partial charge in [-0.1, -0.05) is 53.2 Å². The molecular weight excluding hydrogens is 323 g/mol. The van der Waals surface area contributed by atoms with E-state index in [1.807, 2.05) is 24.3 Å². The summed E-state index contributed by atoms with van der Waals surface area (Å²) in [7, 11) is 0. The minimum absolute atomic E-state index is 0.523. The topological polar surface area (TPSA) is 36.7 Å². The molecular formula is C16H8Cl2N2S. The molecule has 0 aliphatic carbocycles. The Labute approximate surface area is 136 Å². The van der Waals surface area contributed by atoms with E-state index >= 15 is 0 Å². The van der Waals surface area contributed by atoms with Crippen LogP contribution in [0, 0.1) is 11.3 Å². The van der Waals surface area contributed by atoms with Crippen LogP contribution in [0.1, 0.15) is 5.56 Å². The first-order valence-corrected chi connectivity index (χ1v) is 7.67. The van der Waals surface area contributed by atoms with Crippen molar-refractivity contribution in [3.8, 4) is 6.07 Å². The Hall–Kier alpha value is -1.73. The third-order valence-corrected chi connectivity index (χ3v) is 4.83. The molecule has 0 bridgehead atoms. The predicted molar refractivity (Wildman–Crippen MR) is 87.0 cm³/mol. The van der Waals surface area contributed by atoms with Crippen molar-refractivity contribution in [3.05, 3.63) is 64.3 Å². The van der Waals surface area contributed by atoms with Crippen molar-refractivity contribution in [2.75, 3.05) is 0 Å². The van der Waals surface area contributed by atoms with Crippen LogP contribution < -0.4 is 0 Å². The van der Waals surface area contributed by atoms with Crippen LogP contribution in [0.4, 0.5) is 0 Å². The maximum atomic E-state index is 9.32. The summed E-state index contributed by atoms with van der Waals surface area (Å²) in [5, 5.41) is 11.5. The van der Waals surface area contributed by atoms with Gasteiger partial charge in [0.25, 0.3) is 0 Å². The Balaban J connectivity index is 2.19. The molecule has 2 nitrogen and oxygen atoms in total. The van der Waals surface area contributed by atoms with Gasteiger partial charge in [0.2, 0.25) is 0 Å².